The molecule has 0 aliphatic heterocycles. The van der Waals surface area contributed by atoms with E-state index in [-0.39, 0.29) is 11.8 Å². The topological polar surface area (TPSA) is 71.7 Å². The van der Waals surface area contributed by atoms with E-state index in [4.69, 9.17) is 16.3 Å². The first kappa shape index (κ1) is 17.1. The predicted octanol–water partition coefficient (Wildman–Crippen LogP) is 4.27. The van der Waals surface area contributed by atoms with Crippen molar-refractivity contribution in [3.63, 3.8) is 0 Å². The smallest absolute Gasteiger partial charge is 0.168 e. The fourth-order valence-corrected chi connectivity index (χ4v) is 2.75. The Hall–Kier alpha value is -2.73. The van der Waals surface area contributed by atoms with E-state index in [9.17, 15) is 5.11 Å². The van der Waals surface area contributed by atoms with Gasteiger partial charge in [-0.15, -0.1) is 0 Å². The Bertz CT molecular complexity index is 923. The van der Waals surface area contributed by atoms with Crippen molar-refractivity contribution >= 4 is 28.8 Å². The zero-order chi connectivity index (χ0) is 18.0. The maximum atomic E-state index is 10.0. The molecule has 0 fully saturated rings. The van der Waals surface area contributed by atoms with Gasteiger partial charge in [-0.1, -0.05) is 18.2 Å². The number of fused-ring (bicyclic) bond motifs is 1. The molecule has 6 nitrogen and oxygen atoms in total. The Morgan fingerprint density at radius 3 is 3.00 bits per heavy atom. The normalized spacial score (nSPS) is 12.1. The van der Waals surface area contributed by atoms with E-state index < -0.39 is 0 Å². The molecule has 2 heterocycles. The first-order valence-electron chi connectivity index (χ1n) is 7.91. The van der Waals surface area contributed by atoms with Gasteiger partial charge in [0.1, 0.15) is 17.3 Å². The lowest BCUT2D eigenvalue weighted by atomic mass is 10.1. The largest absolute Gasteiger partial charge is 0.508 e. The van der Waals surface area contributed by atoms with Crippen molar-refractivity contribution < 1.29 is 9.84 Å². The zero-order valence-corrected chi connectivity index (χ0v) is 14.8. The van der Waals surface area contributed by atoms with Gasteiger partial charge >= 0.3 is 0 Å². The monoisotopic (exact) mass is 358 g/mol. The van der Waals surface area contributed by atoms with Gasteiger partial charge in [-0.25, -0.2) is 9.50 Å². The van der Waals surface area contributed by atoms with Crippen LogP contribution in [0.1, 0.15) is 31.0 Å². The maximum Gasteiger partial charge on any atom is 0.168 e. The summed E-state index contributed by atoms with van der Waals surface area (Å²) in [4.78, 5) is 4.59. The highest BCUT2D eigenvalue weighted by Gasteiger charge is 2.14. The van der Waals surface area contributed by atoms with Crippen LogP contribution in [0.5, 0.6) is 5.75 Å². The lowest BCUT2D eigenvalue weighted by Crippen LogP contribution is -2.09. The van der Waals surface area contributed by atoms with Crippen molar-refractivity contribution in [1.82, 2.24) is 14.6 Å². The van der Waals surface area contributed by atoms with Crippen LogP contribution in [0.4, 0.5) is 5.82 Å². The second kappa shape index (κ2) is 7.03. The second-order valence-corrected chi connectivity index (χ2v) is 6.00. The Kier molecular flexibility index (Phi) is 4.81. The van der Waals surface area contributed by atoms with E-state index in [1.165, 1.54) is 0 Å². The summed E-state index contributed by atoms with van der Waals surface area (Å²) in [5, 5.41) is 18.1. The summed E-state index contributed by atoms with van der Waals surface area (Å²) in [6, 6.07) is 6.58. The Labute approximate surface area is 150 Å². The third-order valence-corrected chi connectivity index (χ3v) is 4.04. The summed E-state index contributed by atoms with van der Waals surface area (Å²) in [7, 11) is 0. The van der Waals surface area contributed by atoms with Crippen LogP contribution in [-0.4, -0.2) is 26.3 Å². The fraction of sp³-hybridized carbons (Fsp3) is 0.222. The third kappa shape index (κ3) is 3.53. The summed E-state index contributed by atoms with van der Waals surface area (Å²) in [5.74, 6) is 1.35. The average Bonchev–Trinajstić information content (AvgIpc) is 3.00. The number of aromatic nitrogens is 3. The number of hydrogen-bond acceptors (Lipinski definition) is 5. The number of ether oxygens (including phenoxy) is 1. The van der Waals surface area contributed by atoms with Gasteiger partial charge in [0, 0.05) is 16.8 Å². The number of anilines is 1. The summed E-state index contributed by atoms with van der Waals surface area (Å²) in [6.45, 7) is 8.26. The number of halogens is 1. The Morgan fingerprint density at radius 1 is 1.44 bits per heavy atom. The molecule has 25 heavy (non-hydrogen) atoms. The lowest BCUT2D eigenvalue weighted by Gasteiger charge is -2.16. The highest BCUT2D eigenvalue weighted by molar-refractivity contribution is 6.30. The number of hydrogen-bond donors (Lipinski definition) is 2. The Morgan fingerprint density at radius 2 is 2.24 bits per heavy atom. The number of benzene rings is 1. The molecule has 1 atom stereocenters. The first-order valence-corrected chi connectivity index (χ1v) is 8.28. The molecule has 0 saturated carbocycles. The molecule has 0 radical (unpaired) electrons. The van der Waals surface area contributed by atoms with Gasteiger partial charge in [0.05, 0.1) is 24.4 Å². The Balaban J connectivity index is 1.90. The van der Waals surface area contributed by atoms with Crippen molar-refractivity contribution in [2.24, 2.45) is 0 Å². The van der Waals surface area contributed by atoms with Crippen LogP contribution in [0.25, 0.3) is 11.4 Å². The first-order chi connectivity index (χ1) is 12.0. The zero-order valence-electron chi connectivity index (χ0n) is 14.0. The van der Waals surface area contributed by atoms with Crippen molar-refractivity contribution in [3.8, 4) is 5.75 Å². The van der Waals surface area contributed by atoms with Crippen LogP contribution >= 0.6 is 11.6 Å². The molecule has 0 bridgehead atoms. The summed E-state index contributed by atoms with van der Waals surface area (Å²) < 4.78 is 7.12. The number of nitrogens with zero attached hydrogens (tertiary/aromatic N) is 3. The molecule has 2 N–H and O–H groups in total. The van der Waals surface area contributed by atoms with Crippen LogP contribution in [0.3, 0.4) is 0 Å². The number of phenols is 1. The molecule has 1 unspecified atom stereocenters. The average molecular weight is 359 g/mol. The molecule has 0 saturated heterocycles. The van der Waals surface area contributed by atoms with Crippen LogP contribution in [0, 0.1) is 0 Å². The SMILES string of the molecule is C=C(OCC)c1cnn2ccc(NC(C)c3cc(Cl)ccc3O)nc12. The molecule has 0 aliphatic rings. The minimum absolute atomic E-state index is 0.181. The minimum atomic E-state index is -0.185. The van der Waals surface area contributed by atoms with Gasteiger partial charge in [-0.3, -0.25) is 0 Å². The summed E-state index contributed by atoms with van der Waals surface area (Å²) in [5.41, 5.74) is 2.08. The molecular formula is C18H19ClN4O2. The van der Waals surface area contributed by atoms with Crippen molar-refractivity contribution in [3.05, 3.63) is 59.4 Å². The van der Waals surface area contributed by atoms with E-state index in [1.807, 2.05) is 19.9 Å². The van der Waals surface area contributed by atoms with Gasteiger partial charge in [0.2, 0.25) is 0 Å². The molecule has 0 spiro atoms. The number of rotatable bonds is 6. The third-order valence-electron chi connectivity index (χ3n) is 3.81. The molecular weight excluding hydrogens is 340 g/mol. The molecule has 130 valence electrons. The predicted molar refractivity (Wildman–Crippen MR) is 98.8 cm³/mol. The van der Waals surface area contributed by atoms with Crippen molar-refractivity contribution in [2.45, 2.75) is 19.9 Å². The van der Waals surface area contributed by atoms with Gasteiger partial charge in [-0.05, 0) is 38.1 Å². The van der Waals surface area contributed by atoms with Crippen LogP contribution in [0.2, 0.25) is 5.02 Å². The molecule has 0 aliphatic carbocycles. The molecule has 2 aromatic heterocycles. The van der Waals surface area contributed by atoms with Crippen LogP contribution in [-0.2, 0) is 4.74 Å². The number of phenolic OH excluding ortho intramolecular Hbond substituents is 1. The number of aromatic hydroxyl groups is 1. The maximum absolute atomic E-state index is 10.0. The molecule has 0 amide bonds. The summed E-state index contributed by atoms with van der Waals surface area (Å²) in [6.07, 6.45) is 3.48. The van der Waals surface area contributed by atoms with E-state index in [2.05, 4.69) is 22.0 Å². The van der Waals surface area contributed by atoms with Crippen molar-refractivity contribution in [2.75, 3.05) is 11.9 Å². The van der Waals surface area contributed by atoms with Crippen molar-refractivity contribution in [1.29, 1.82) is 0 Å². The van der Waals surface area contributed by atoms with Gasteiger partial charge in [-0.2, -0.15) is 5.10 Å². The van der Waals surface area contributed by atoms with E-state index >= 15 is 0 Å². The lowest BCUT2D eigenvalue weighted by molar-refractivity contribution is 0.299. The molecule has 7 heteroatoms. The van der Waals surface area contributed by atoms with Gasteiger partial charge in [0.25, 0.3) is 0 Å². The molecule has 3 aromatic rings. The van der Waals surface area contributed by atoms with Gasteiger partial charge < -0.3 is 15.2 Å². The standard InChI is InChI=1S/C18H19ClN4O2/c1-4-25-12(3)15-10-20-23-8-7-17(22-18(15)23)21-11(2)14-9-13(19)5-6-16(14)24/h5-11,24H,3-4H2,1-2H3,(H,21,22). The van der Waals surface area contributed by atoms with Gasteiger partial charge in [0.15, 0.2) is 5.65 Å². The molecule has 3 rings (SSSR count). The van der Waals surface area contributed by atoms with Crippen LogP contribution in [0.15, 0.2) is 43.2 Å². The quantitative estimate of drug-likeness (QED) is 0.644. The highest BCUT2D eigenvalue weighted by Crippen LogP contribution is 2.29. The van der Waals surface area contributed by atoms with E-state index in [1.54, 1.807) is 35.1 Å². The minimum Gasteiger partial charge on any atom is -0.508 e. The molecule has 1 aromatic carbocycles. The van der Waals surface area contributed by atoms with Crippen LogP contribution < -0.4 is 5.32 Å². The number of nitrogens with one attached hydrogen (secondary N) is 1. The second-order valence-electron chi connectivity index (χ2n) is 5.56. The summed E-state index contributed by atoms with van der Waals surface area (Å²) >= 11 is 6.02. The fourth-order valence-electron chi connectivity index (χ4n) is 2.57. The van der Waals surface area contributed by atoms with E-state index in [0.717, 1.165) is 5.56 Å². The van der Waals surface area contributed by atoms with E-state index in [0.29, 0.717) is 34.4 Å². The highest BCUT2D eigenvalue weighted by atomic mass is 35.5.